The van der Waals surface area contributed by atoms with E-state index in [2.05, 4.69) is 14.9 Å². The van der Waals surface area contributed by atoms with E-state index in [1.54, 1.807) is 37.4 Å². The number of esters is 1. The molecule has 0 aliphatic heterocycles. The zero-order valence-electron chi connectivity index (χ0n) is 18.8. The standard InChI is InChI=1S/C23H21N3O8S/c1-30-16-7-10-19(20(12-16)31-2)22-25-21(34-26-22)14-33-23(27)15-5-8-18(9-6-15)35(28,29)24-13-17-4-3-11-32-17/h3-12,24H,13-14H2,1-2H3. The van der Waals surface area contributed by atoms with Crippen molar-refractivity contribution in [3.8, 4) is 22.9 Å². The summed E-state index contributed by atoms with van der Waals surface area (Å²) in [7, 11) is -0.732. The first kappa shape index (κ1) is 24.0. The maximum Gasteiger partial charge on any atom is 0.338 e. The molecule has 0 aliphatic rings. The first-order chi connectivity index (χ1) is 16.9. The van der Waals surface area contributed by atoms with Gasteiger partial charge in [-0.15, -0.1) is 0 Å². The van der Waals surface area contributed by atoms with Crippen LogP contribution in [0.1, 0.15) is 22.0 Å². The zero-order chi connectivity index (χ0) is 24.8. The fraction of sp³-hybridized carbons (Fsp3) is 0.174. The predicted octanol–water partition coefficient (Wildman–Crippen LogP) is 3.18. The fourth-order valence-corrected chi connectivity index (χ4v) is 4.04. The minimum Gasteiger partial charge on any atom is -0.497 e. The van der Waals surface area contributed by atoms with Gasteiger partial charge in [-0.05, 0) is 48.5 Å². The molecule has 0 atom stereocenters. The molecule has 0 saturated heterocycles. The van der Waals surface area contributed by atoms with Crippen LogP contribution in [0, 0.1) is 0 Å². The topological polar surface area (TPSA) is 143 Å². The normalized spacial score (nSPS) is 11.3. The fourth-order valence-electron chi connectivity index (χ4n) is 3.05. The quantitative estimate of drug-likeness (QED) is 0.323. The molecule has 0 unspecified atom stereocenters. The number of hydrogen-bond acceptors (Lipinski definition) is 10. The monoisotopic (exact) mass is 499 g/mol. The second-order valence-electron chi connectivity index (χ2n) is 7.08. The minimum absolute atomic E-state index is 0.00409. The van der Waals surface area contributed by atoms with Gasteiger partial charge < -0.3 is 23.2 Å². The molecule has 1 N–H and O–H groups in total. The number of furan rings is 1. The van der Waals surface area contributed by atoms with Gasteiger partial charge in [0.1, 0.15) is 17.3 Å². The molecule has 0 saturated carbocycles. The lowest BCUT2D eigenvalue weighted by Crippen LogP contribution is -2.23. The Morgan fingerprint density at radius 1 is 1.06 bits per heavy atom. The molecule has 0 bridgehead atoms. The largest absolute Gasteiger partial charge is 0.497 e. The van der Waals surface area contributed by atoms with Crippen LogP contribution in [0.25, 0.3) is 11.4 Å². The lowest BCUT2D eigenvalue weighted by molar-refractivity contribution is 0.0429. The van der Waals surface area contributed by atoms with Crippen molar-refractivity contribution >= 4 is 16.0 Å². The van der Waals surface area contributed by atoms with Gasteiger partial charge in [0.15, 0.2) is 6.61 Å². The van der Waals surface area contributed by atoms with E-state index in [9.17, 15) is 13.2 Å². The van der Waals surface area contributed by atoms with Gasteiger partial charge >= 0.3 is 5.97 Å². The van der Waals surface area contributed by atoms with Crippen molar-refractivity contribution in [2.75, 3.05) is 14.2 Å². The number of aromatic nitrogens is 2. The van der Waals surface area contributed by atoms with Crippen LogP contribution in [0.15, 0.2) is 74.7 Å². The summed E-state index contributed by atoms with van der Waals surface area (Å²) in [5.41, 5.74) is 0.735. The summed E-state index contributed by atoms with van der Waals surface area (Å²) in [6.45, 7) is -0.261. The maximum atomic E-state index is 12.4. The molecule has 12 heteroatoms. The first-order valence-corrected chi connectivity index (χ1v) is 11.7. The minimum atomic E-state index is -3.78. The van der Waals surface area contributed by atoms with Gasteiger partial charge in [0.2, 0.25) is 15.8 Å². The van der Waals surface area contributed by atoms with Crippen LogP contribution in [0.2, 0.25) is 0 Å². The smallest absolute Gasteiger partial charge is 0.338 e. The zero-order valence-corrected chi connectivity index (χ0v) is 19.6. The predicted molar refractivity (Wildman–Crippen MR) is 121 cm³/mol. The first-order valence-electron chi connectivity index (χ1n) is 10.2. The molecule has 182 valence electrons. The van der Waals surface area contributed by atoms with Gasteiger partial charge in [0.05, 0.1) is 43.0 Å². The number of rotatable bonds is 10. The SMILES string of the molecule is COc1ccc(-c2noc(COC(=O)c3ccc(S(=O)(=O)NCc4ccco4)cc3)n2)c(OC)c1. The molecule has 0 fully saturated rings. The molecule has 2 aromatic carbocycles. The van der Waals surface area contributed by atoms with Crippen molar-refractivity contribution in [2.45, 2.75) is 18.0 Å². The number of nitrogens with one attached hydrogen (secondary N) is 1. The Balaban J connectivity index is 1.36. The number of hydrogen-bond donors (Lipinski definition) is 1. The number of carbonyl (C=O) groups excluding carboxylic acids is 1. The molecule has 0 radical (unpaired) electrons. The van der Waals surface area contributed by atoms with Gasteiger partial charge in [-0.25, -0.2) is 17.9 Å². The number of ether oxygens (including phenoxy) is 3. The van der Waals surface area contributed by atoms with E-state index in [0.29, 0.717) is 22.8 Å². The van der Waals surface area contributed by atoms with Crippen molar-refractivity contribution in [1.29, 1.82) is 0 Å². The van der Waals surface area contributed by atoms with Crippen molar-refractivity contribution in [1.82, 2.24) is 14.9 Å². The van der Waals surface area contributed by atoms with Crippen molar-refractivity contribution in [2.24, 2.45) is 0 Å². The lowest BCUT2D eigenvalue weighted by atomic mass is 10.2. The van der Waals surface area contributed by atoms with Crippen molar-refractivity contribution in [3.63, 3.8) is 0 Å². The molecular weight excluding hydrogens is 478 g/mol. The summed E-state index contributed by atoms with van der Waals surface area (Å²) in [6, 6.07) is 13.8. The molecule has 4 aromatic rings. The number of carbonyl (C=O) groups is 1. The lowest BCUT2D eigenvalue weighted by Gasteiger charge is -2.07. The molecule has 0 aliphatic carbocycles. The summed E-state index contributed by atoms with van der Waals surface area (Å²) in [4.78, 5) is 16.6. The third-order valence-corrected chi connectivity index (χ3v) is 6.28. The molecule has 0 spiro atoms. The van der Waals surface area contributed by atoms with Gasteiger partial charge in [-0.1, -0.05) is 5.16 Å². The molecule has 0 amide bonds. The second-order valence-corrected chi connectivity index (χ2v) is 8.85. The highest BCUT2D eigenvalue weighted by molar-refractivity contribution is 7.89. The molecule has 11 nitrogen and oxygen atoms in total. The highest BCUT2D eigenvalue weighted by Crippen LogP contribution is 2.31. The summed E-state index contributed by atoms with van der Waals surface area (Å²) in [5, 5.41) is 3.90. The van der Waals surface area contributed by atoms with Crippen LogP contribution in [-0.4, -0.2) is 38.7 Å². The van der Waals surface area contributed by atoms with Crippen molar-refractivity contribution in [3.05, 3.63) is 78.1 Å². The average molecular weight is 500 g/mol. The highest BCUT2D eigenvalue weighted by Gasteiger charge is 2.18. The van der Waals surface area contributed by atoms with Gasteiger partial charge in [-0.2, -0.15) is 4.98 Å². The third kappa shape index (κ3) is 5.67. The van der Waals surface area contributed by atoms with E-state index in [1.165, 1.54) is 37.6 Å². The van der Waals surface area contributed by atoms with E-state index in [-0.39, 0.29) is 35.3 Å². The third-order valence-electron chi connectivity index (χ3n) is 4.86. The van der Waals surface area contributed by atoms with E-state index in [4.69, 9.17) is 23.2 Å². The van der Waals surface area contributed by atoms with Gasteiger partial charge in [0.25, 0.3) is 5.89 Å². The number of benzene rings is 2. The van der Waals surface area contributed by atoms with Crippen LogP contribution in [0.3, 0.4) is 0 Å². The highest BCUT2D eigenvalue weighted by atomic mass is 32.2. The molecule has 35 heavy (non-hydrogen) atoms. The average Bonchev–Trinajstić information content (AvgIpc) is 3.58. The molecule has 2 aromatic heterocycles. The van der Waals surface area contributed by atoms with Gasteiger partial charge in [-0.3, -0.25) is 0 Å². The van der Waals surface area contributed by atoms with Crippen LogP contribution in [-0.2, 0) is 27.9 Å². The van der Waals surface area contributed by atoms with Crippen LogP contribution in [0.5, 0.6) is 11.5 Å². The van der Waals surface area contributed by atoms with Gasteiger partial charge in [0, 0.05) is 6.07 Å². The Morgan fingerprint density at radius 3 is 2.54 bits per heavy atom. The summed E-state index contributed by atoms with van der Waals surface area (Å²) in [6.07, 6.45) is 1.45. The van der Waals surface area contributed by atoms with E-state index in [1.807, 2.05) is 0 Å². The summed E-state index contributed by atoms with van der Waals surface area (Å²) in [5.74, 6) is 1.22. The van der Waals surface area contributed by atoms with Crippen LogP contribution < -0.4 is 14.2 Å². The van der Waals surface area contributed by atoms with Crippen LogP contribution in [0.4, 0.5) is 0 Å². The van der Waals surface area contributed by atoms with E-state index < -0.39 is 16.0 Å². The molecular formula is C23H21N3O8S. The van der Waals surface area contributed by atoms with E-state index >= 15 is 0 Å². The number of sulfonamides is 1. The number of nitrogens with zero attached hydrogens (tertiary/aromatic N) is 2. The summed E-state index contributed by atoms with van der Waals surface area (Å²) >= 11 is 0. The Bertz CT molecular complexity index is 1400. The van der Waals surface area contributed by atoms with Crippen molar-refractivity contribution < 1.29 is 36.4 Å². The number of methoxy groups -OCH3 is 2. The van der Waals surface area contributed by atoms with Crippen LogP contribution >= 0.6 is 0 Å². The maximum absolute atomic E-state index is 12.4. The molecule has 4 rings (SSSR count). The summed E-state index contributed by atoms with van der Waals surface area (Å²) < 4.78 is 53.2. The Morgan fingerprint density at radius 2 is 1.86 bits per heavy atom. The molecule has 2 heterocycles. The Hall–Kier alpha value is -4.16. The Kier molecular flexibility index (Phi) is 7.13. The Labute approximate surface area is 200 Å². The van der Waals surface area contributed by atoms with E-state index in [0.717, 1.165) is 0 Å². The second kappa shape index (κ2) is 10.4.